The molecule has 3 nitrogen and oxygen atoms in total. The number of ether oxygens (including phenoxy) is 2. The van der Waals surface area contributed by atoms with Gasteiger partial charge in [0, 0.05) is 18.3 Å². The fraction of sp³-hybridized carbons (Fsp3) is 0.722. The Morgan fingerprint density at radius 3 is 2.52 bits per heavy atom. The summed E-state index contributed by atoms with van der Waals surface area (Å²) < 4.78 is 11.8. The second-order valence-corrected chi connectivity index (χ2v) is 7.01. The zero-order valence-electron chi connectivity index (χ0n) is 13.7. The summed E-state index contributed by atoms with van der Waals surface area (Å²) in [7, 11) is 0. The molecule has 0 radical (unpaired) electrons. The average Bonchev–Trinajstić information content (AvgIpc) is 3.07. The maximum atomic E-state index is 11.5. The summed E-state index contributed by atoms with van der Waals surface area (Å²) in [5, 5.41) is 0. The van der Waals surface area contributed by atoms with Gasteiger partial charge in [0.25, 0.3) is 0 Å². The molecule has 3 heteroatoms. The van der Waals surface area contributed by atoms with E-state index in [1.165, 1.54) is 6.92 Å². The van der Waals surface area contributed by atoms with Crippen LogP contribution in [0.1, 0.15) is 47.0 Å². The fourth-order valence-electron chi connectivity index (χ4n) is 4.67. The molecule has 0 aromatic heterocycles. The van der Waals surface area contributed by atoms with Crippen molar-refractivity contribution in [1.29, 1.82) is 0 Å². The Morgan fingerprint density at radius 2 is 2.05 bits per heavy atom. The number of carbonyl (C=O) groups excluding carboxylic acids is 1. The minimum Gasteiger partial charge on any atom is -0.459 e. The van der Waals surface area contributed by atoms with E-state index in [9.17, 15) is 4.79 Å². The van der Waals surface area contributed by atoms with Crippen LogP contribution in [0.5, 0.6) is 0 Å². The van der Waals surface area contributed by atoms with Gasteiger partial charge in [-0.05, 0) is 25.2 Å². The number of hydrogen-bond donors (Lipinski definition) is 0. The highest BCUT2D eigenvalue weighted by atomic mass is 16.7. The van der Waals surface area contributed by atoms with Crippen molar-refractivity contribution in [1.82, 2.24) is 0 Å². The Balaban J connectivity index is 2.37. The third-order valence-electron chi connectivity index (χ3n) is 5.40. The van der Waals surface area contributed by atoms with Crippen LogP contribution in [0.4, 0.5) is 0 Å². The van der Waals surface area contributed by atoms with Crippen molar-refractivity contribution >= 4 is 5.97 Å². The van der Waals surface area contributed by atoms with Gasteiger partial charge in [-0.25, -0.2) is 0 Å². The molecule has 0 aromatic carbocycles. The molecule has 0 amide bonds. The van der Waals surface area contributed by atoms with Gasteiger partial charge < -0.3 is 9.47 Å². The highest BCUT2D eigenvalue weighted by molar-refractivity contribution is 5.66. The Morgan fingerprint density at radius 1 is 1.38 bits per heavy atom. The lowest BCUT2D eigenvalue weighted by molar-refractivity contribution is -0.155. The first kappa shape index (κ1) is 16.3. The van der Waals surface area contributed by atoms with Crippen molar-refractivity contribution in [3.05, 3.63) is 25.3 Å². The molecule has 1 saturated carbocycles. The van der Waals surface area contributed by atoms with E-state index in [2.05, 4.69) is 33.9 Å². The highest BCUT2D eigenvalue weighted by Crippen LogP contribution is 2.69. The lowest BCUT2D eigenvalue weighted by atomic mass is 9.65. The van der Waals surface area contributed by atoms with Crippen molar-refractivity contribution in [3.8, 4) is 0 Å². The maximum absolute atomic E-state index is 11.5. The molecule has 1 saturated heterocycles. The number of esters is 1. The Hall–Kier alpha value is -1.09. The molecule has 0 N–H and O–H groups in total. The predicted octanol–water partition coefficient (Wildman–Crippen LogP) is 3.89. The number of hydrogen-bond acceptors (Lipinski definition) is 3. The number of allylic oxidation sites excluding steroid dienone is 2. The number of carbonyl (C=O) groups is 1. The molecule has 1 heterocycles. The van der Waals surface area contributed by atoms with Crippen LogP contribution >= 0.6 is 0 Å². The molecule has 0 bridgehead atoms. The molecule has 2 aliphatic rings. The van der Waals surface area contributed by atoms with Gasteiger partial charge in [-0.1, -0.05) is 32.9 Å². The van der Waals surface area contributed by atoms with E-state index in [-0.39, 0.29) is 29.2 Å². The normalized spacial score (nSPS) is 40.7. The van der Waals surface area contributed by atoms with E-state index in [1.807, 2.05) is 12.2 Å². The standard InChI is InChI=1S/C18H28O3/c1-7-9-11-18-16(21-18)15(20-13(5)19)14(12(3)4)17(18,6)10-8-2/h7-8,12,14-16H,1-2,9-11H2,3-6H3/t14-,15+,16+,17+,18+/m0/s1. The van der Waals surface area contributed by atoms with Gasteiger partial charge in [0.15, 0.2) is 0 Å². The van der Waals surface area contributed by atoms with Gasteiger partial charge in [-0.15, -0.1) is 13.2 Å². The minimum atomic E-state index is -0.221. The molecule has 21 heavy (non-hydrogen) atoms. The van der Waals surface area contributed by atoms with Crippen LogP contribution in [0.3, 0.4) is 0 Å². The first-order valence-corrected chi connectivity index (χ1v) is 7.91. The van der Waals surface area contributed by atoms with E-state index in [1.54, 1.807) is 0 Å². The second kappa shape index (κ2) is 5.60. The third-order valence-corrected chi connectivity index (χ3v) is 5.40. The Kier molecular flexibility index (Phi) is 4.34. The van der Waals surface area contributed by atoms with Gasteiger partial charge in [-0.3, -0.25) is 4.79 Å². The minimum absolute atomic E-state index is 0.0266. The van der Waals surface area contributed by atoms with Gasteiger partial charge in [0.2, 0.25) is 0 Å². The van der Waals surface area contributed by atoms with Crippen LogP contribution in [-0.2, 0) is 14.3 Å². The number of epoxide rings is 1. The van der Waals surface area contributed by atoms with Gasteiger partial charge >= 0.3 is 5.97 Å². The smallest absolute Gasteiger partial charge is 0.303 e. The van der Waals surface area contributed by atoms with Crippen molar-refractivity contribution in [2.45, 2.75) is 64.8 Å². The summed E-state index contributed by atoms with van der Waals surface area (Å²) >= 11 is 0. The topological polar surface area (TPSA) is 38.8 Å². The van der Waals surface area contributed by atoms with Crippen molar-refractivity contribution in [3.63, 3.8) is 0 Å². The SMILES string of the molecule is C=CCC[C@@]12O[C@@H]1[C@H](OC(C)=O)[C@H](C(C)C)[C@@]2(C)CC=C. The maximum Gasteiger partial charge on any atom is 0.303 e. The van der Waals surface area contributed by atoms with Crippen LogP contribution in [0, 0.1) is 17.3 Å². The molecular formula is C18H28O3. The zero-order chi connectivity index (χ0) is 15.8. The molecule has 118 valence electrons. The van der Waals surface area contributed by atoms with Crippen LogP contribution in [0.2, 0.25) is 0 Å². The van der Waals surface area contributed by atoms with Crippen molar-refractivity contribution in [2.75, 3.05) is 0 Å². The predicted molar refractivity (Wildman–Crippen MR) is 83.8 cm³/mol. The summed E-state index contributed by atoms with van der Waals surface area (Å²) in [6, 6.07) is 0. The van der Waals surface area contributed by atoms with Gasteiger partial charge in [-0.2, -0.15) is 0 Å². The van der Waals surface area contributed by atoms with E-state index in [0.29, 0.717) is 11.8 Å². The summed E-state index contributed by atoms with van der Waals surface area (Å²) in [6.45, 7) is 15.9. The lowest BCUT2D eigenvalue weighted by Gasteiger charge is -2.42. The van der Waals surface area contributed by atoms with Gasteiger partial charge in [0.05, 0.1) is 0 Å². The summed E-state index contributed by atoms with van der Waals surface area (Å²) in [6.07, 6.45) is 6.52. The van der Waals surface area contributed by atoms with Crippen molar-refractivity contribution in [2.24, 2.45) is 17.3 Å². The highest BCUT2D eigenvalue weighted by Gasteiger charge is 2.79. The van der Waals surface area contributed by atoms with Gasteiger partial charge in [0.1, 0.15) is 17.8 Å². The summed E-state index contributed by atoms with van der Waals surface area (Å²) in [5.74, 6) is 0.501. The quantitative estimate of drug-likeness (QED) is 0.406. The average molecular weight is 292 g/mol. The largest absolute Gasteiger partial charge is 0.459 e. The molecule has 1 aliphatic heterocycles. The second-order valence-electron chi connectivity index (χ2n) is 7.01. The first-order chi connectivity index (χ1) is 9.84. The Labute approximate surface area is 128 Å². The fourth-order valence-corrected chi connectivity index (χ4v) is 4.67. The molecular weight excluding hydrogens is 264 g/mol. The molecule has 5 atom stereocenters. The molecule has 2 fully saturated rings. The van der Waals surface area contributed by atoms with Crippen LogP contribution in [0.15, 0.2) is 25.3 Å². The van der Waals surface area contributed by atoms with Crippen LogP contribution in [-0.4, -0.2) is 23.8 Å². The summed E-state index contributed by atoms with van der Waals surface area (Å²) in [5.41, 5.74) is -0.235. The molecule has 0 spiro atoms. The third kappa shape index (κ3) is 2.36. The summed E-state index contributed by atoms with van der Waals surface area (Å²) in [4.78, 5) is 11.5. The van der Waals surface area contributed by atoms with Crippen molar-refractivity contribution < 1.29 is 14.3 Å². The molecule has 0 unspecified atom stereocenters. The number of rotatable bonds is 7. The van der Waals surface area contributed by atoms with E-state index in [4.69, 9.17) is 9.47 Å². The zero-order valence-corrected chi connectivity index (χ0v) is 13.7. The van der Waals surface area contributed by atoms with E-state index < -0.39 is 0 Å². The molecule has 0 aromatic rings. The molecule has 2 rings (SSSR count). The number of fused-ring (bicyclic) bond motifs is 1. The van der Waals surface area contributed by atoms with E-state index >= 15 is 0 Å². The first-order valence-electron chi connectivity index (χ1n) is 7.91. The van der Waals surface area contributed by atoms with E-state index in [0.717, 1.165) is 19.3 Å². The van der Waals surface area contributed by atoms with Crippen LogP contribution in [0.25, 0.3) is 0 Å². The van der Waals surface area contributed by atoms with Crippen LogP contribution < -0.4 is 0 Å². The molecule has 1 aliphatic carbocycles. The lowest BCUT2D eigenvalue weighted by Crippen LogP contribution is -2.43. The Bertz CT molecular complexity index is 442. The monoisotopic (exact) mass is 292 g/mol.